The molecule has 0 unspecified atom stereocenters. The number of carbonyl (C=O) groups excluding carboxylic acids is 2. The van der Waals surface area contributed by atoms with Crippen molar-refractivity contribution in [2.75, 3.05) is 26.2 Å². The highest BCUT2D eigenvalue weighted by Crippen LogP contribution is 2.30. The molecule has 2 amide bonds. The van der Waals surface area contributed by atoms with Gasteiger partial charge in [0.1, 0.15) is 5.75 Å². The summed E-state index contributed by atoms with van der Waals surface area (Å²) in [5.41, 5.74) is 1.90. The van der Waals surface area contributed by atoms with Crippen molar-refractivity contribution >= 4 is 12.0 Å². The smallest absolute Gasteiger partial charge is 0.338 e. The van der Waals surface area contributed by atoms with Gasteiger partial charge in [-0.3, -0.25) is 4.90 Å². The Morgan fingerprint density at radius 2 is 1.81 bits per heavy atom. The molecule has 0 aromatic heterocycles. The van der Waals surface area contributed by atoms with Crippen molar-refractivity contribution in [2.45, 2.75) is 53.2 Å². The van der Waals surface area contributed by atoms with Crippen molar-refractivity contribution in [1.82, 2.24) is 15.5 Å². The molecule has 2 N–H and O–H groups in total. The van der Waals surface area contributed by atoms with Crippen LogP contribution in [0.3, 0.4) is 0 Å². The maximum Gasteiger partial charge on any atom is 0.338 e. The molecule has 0 bridgehead atoms. The number of likely N-dealkylation sites (tertiary alicyclic amines) is 1. The molecule has 3 rings (SSSR count). The van der Waals surface area contributed by atoms with Crippen LogP contribution < -0.4 is 15.4 Å². The Balaban J connectivity index is 1.93. The Morgan fingerprint density at radius 3 is 2.39 bits per heavy atom. The van der Waals surface area contributed by atoms with Gasteiger partial charge >= 0.3 is 12.0 Å². The van der Waals surface area contributed by atoms with Gasteiger partial charge in [0.2, 0.25) is 0 Å². The number of piperidine rings is 1. The third-order valence-electron chi connectivity index (χ3n) is 5.56. The molecule has 0 aliphatic carbocycles. The zero-order valence-corrected chi connectivity index (χ0v) is 19.2. The van der Waals surface area contributed by atoms with E-state index in [-0.39, 0.29) is 18.7 Å². The standard InChI is InChI=1S/C24H35N3O4/c1-6-30-23(28)21-20(14-27-12-16(4)11-17(5)13-27)25-24(29)26-22(21)18-7-9-19(10-8-18)31-15(2)3/h7-10,15-17,22H,6,11-14H2,1-5H3,(H2,25,26,29)/t16-,17+,22-/m0/s1. The van der Waals surface area contributed by atoms with Gasteiger partial charge in [-0.1, -0.05) is 26.0 Å². The number of amides is 2. The van der Waals surface area contributed by atoms with E-state index < -0.39 is 12.0 Å². The van der Waals surface area contributed by atoms with Crippen LogP contribution in [0.4, 0.5) is 4.79 Å². The summed E-state index contributed by atoms with van der Waals surface area (Å²) < 4.78 is 11.1. The lowest BCUT2D eigenvalue weighted by molar-refractivity contribution is -0.139. The lowest BCUT2D eigenvalue weighted by Gasteiger charge is -2.37. The van der Waals surface area contributed by atoms with Crippen LogP contribution in [0.2, 0.25) is 0 Å². The van der Waals surface area contributed by atoms with E-state index in [0.29, 0.717) is 29.7 Å². The van der Waals surface area contributed by atoms with Gasteiger partial charge in [-0.15, -0.1) is 0 Å². The molecular weight excluding hydrogens is 394 g/mol. The quantitative estimate of drug-likeness (QED) is 0.647. The summed E-state index contributed by atoms with van der Waals surface area (Å²) in [4.78, 5) is 27.8. The van der Waals surface area contributed by atoms with Gasteiger partial charge in [-0.2, -0.15) is 0 Å². The highest BCUT2D eigenvalue weighted by Gasteiger charge is 2.35. The van der Waals surface area contributed by atoms with Crippen molar-refractivity contribution in [2.24, 2.45) is 11.8 Å². The van der Waals surface area contributed by atoms with Gasteiger partial charge in [0.15, 0.2) is 0 Å². The molecule has 1 fully saturated rings. The lowest BCUT2D eigenvalue weighted by atomic mass is 9.91. The first-order chi connectivity index (χ1) is 14.8. The van der Waals surface area contributed by atoms with Gasteiger partial charge in [0.05, 0.1) is 24.3 Å². The van der Waals surface area contributed by atoms with E-state index in [9.17, 15) is 9.59 Å². The van der Waals surface area contributed by atoms with E-state index in [0.717, 1.165) is 24.4 Å². The van der Waals surface area contributed by atoms with Crippen molar-refractivity contribution in [3.63, 3.8) is 0 Å². The van der Waals surface area contributed by atoms with E-state index in [1.165, 1.54) is 6.42 Å². The molecule has 1 aromatic carbocycles. The van der Waals surface area contributed by atoms with Gasteiger partial charge in [-0.05, 0) is 56.7 Å². The van der Waals surface area contributed by atoms with Crippen LogP contribution in [-0.2, 0) is 9.53 Å². The van der Waals surface area contributed by atoms with Crippen LogP contribution in [0.15, 0.2) is 35.5 Å². The van der Waals surface area contributed by atoms with Crippen LogP contribution in [-0.4, -0.2) is 49.2 Å². The zero-order valence-electron chi connectivity index (χ0n) is 19.2. The molecule has 1 aromatic rings. The van der Waals surface area contributed by atoms with E-state index >= 15 is 0 Å². The molecule has 31 heavy (non-hydrogen) atoms. The number of esters is 1. The molecule has 3 atom stereocenters. The maximum absolute atomic E-state index is 13.0. The first kappa shape index (κ1) is 23.1. The van der Waals surface area contributed by atoms with Gasteiger partial charge in [0, 0.05) is 25.3 Å². The third-order valence-corrected chi connectivity index (χ3v) is 5.56. The predicted molar refractivity (Wildman–Crippen MR) is 120 cm³/mol. The Bertz CT molecular complexity index is 809. The van der Waals surface area contributed by atoms with Crippen LogP contribution >= 0.6 is 0 Å². The highest BCUT2D eigenvalue weighted by molar-refractivity contribution is 5.95. The van der Waals surface area contributed by atoms with Gasteiger partial charge in [0.25, 0.3) is 0 Å². The van der Waals surface area contributed by atoms with E-state index in [1.54, 1.807) is 6.92 Å². The summed E-state index contributed by atoms with van der Waals surface area (Å²) in [6, 6.07) is 6.61. The molecule has 1 saturated heterocycles. The average Bonchev–Trinajstić information content (AvgIpc) is 2.67. The normalized spacial score (nSPS) is 24.6. The summed E-state index contributed by atoms with van der Waals surface area (Å²) in [6.07, 6.45) is 1.27. The number of rotatable bonds is 7. The Morgan fingerprint density at radius 1 is 1.16 bits per heavy atom. The Kier molecular flexibility index (Phi) is 7.59. The van der Waals surface area contributed by atoms with Crippen molar-refractivity contribution in [1.29, 1.82) is 0 Å². The van der Waals surface area contributed by atoms with Gasteiger partial charge in [-0.25, -0.2) is 9.59 Å². The van der Waals surface area contributed by atoms with Crippen LogP contribution in [0.25, 0.3) is 0 Å². The van der Waals surface area contributed by atoms with E-state index in [2.05, 4.69) is 29.4 Å². The second kappa shape index (κ2) is 10.2. The molecule has 2 aliphatic heterocycles. The topological polar surface area (TPSA) is 79.9 Å². The van der Waals surface area contributed by atoms with E-state index in [1.807, 2.05) is 38.1 Å². The molecule has 2 aliphatic rings. The van der Waals surface area contributed by atoms with Crippen molar-refractivity contribution < 1.29 is 19.1 Å². The minimum atomic E-state index is -0.574. The average molecular weight is 430 g/mol. The zero-order chi connectivity index (χ0) is 22.5. The Hall–Kier alpha value is -2.54. The molecule has 170 valence electrons. The van der Waals surface area contributed by atoms with Crippen molar-refractivity contribution in [3.05, 3.63) is 41.1 Å². The molecule has 0 radical (unpaired) electrons. The number of hydrogen-bond acceptors (Lipinski definition) is 5. The highest BCUT2D eigenvalue weighted by atomic mass is 16.5. The minimum absolute atomic E-state index is 0.0698. The maximum atomic E-state index is 13.0. The Labute approximate surface area is 185 Å². The molecule has 7 heteroatoms. The van der Waals surface area contributed by atoms with Gasteiger partial charge < -0.3 is 20.1 Å². The first-order valence-corrected chi connectivity index (χ1v) is 11.2. The number of hydrogen-bond donors (Lipinski definition) is 2. The number of nitrogens with one attached hydrogen (secondary N) is 2. The molecule has 0 spiro atoms. The SMILES string of the molecule is CCOC(=O)C1=C(CN2C[C@H](C)C[C@H](C)C2)NC(=O)N[C@H]1c1ccc(OC(C)C)cc1. The molecular formula is C24H35N3O4. The third kappa shape index (κ3) is 6.00. The number of nitrogens with zero attached hydrogens (tertiary/aromatic N) is 1. The summed E-state index contributed by atoms with van der Waals surface area (Å²) in [5, 5.41) is 5.78. The fourth-order valence-corrected chi connectivity index (χ4v) is 4.60. The fraction of sp³-hybridized carbons (Fsp3) is 0.583. The molecule has 0 saturated carbocycles. The second-order valence-electron chi connectivity index (χ2n) is 9.02. The monoisotopic (exact) mass is 429 g/mol. The lowest BCUT2D eigenvalue weighted by Crippen LogP contribution is -2.50. The second-order valence-corrected chi connectivity index (χ2v) is 9.02. The van der Waals surface area contributed by atoms with Crippen LogP contribution in [0.5, 0.6) is 5.75 Å². The predicted octanol–water partition coefficient (Wildman–Crippen LogP) is 3.62. The van der Waals surface area contributed by atoms with Crippen molar-refractivity contribution in [3.8, 4) is 5.75 Å². The minimum Gasteiger partial charge on any atom is -0.491 e. The summed E-state index contributed by atoms with van der Waals surface area (Å²) in [5.74, 6) is 1.50. The first-order valence-electron chi connectivity index (χ1n) is 11.2. The number of ether oxygens (including phenoxy) is 2. The number of benzene rings is 1. The van der Waals surface area contributed by atoms with Crippen LogP contribution in [0, 0.1) is 11.8 Å². The van der Waals surface area contributed by atoms with Crippen LogP contribution in [0.1, 0.15) is 52.6 Å². The molecule has 2 heterocycles. The summed E-state index contributed by atoms with van der Waals surface area (Å²) in [6.45, 7) is 12.9. The number of urea groups is 1. The summed E-state index contributed by atoms with van der Waals surface area (Å²) in [7, 11) is 0. The number of carbonyl (C=O) groups is 2. The largest absolute Gasteiger partial charge is 0.491 e. The molecule has 7 nitrogen and oxygen atoms in total. The van der Waals surface area contributed by atoms with E-state index in [4.69, 9.17) is 9.47 Å². The fourth-order valence-electron chi connectivity index (χ4n) is 4.60. The summed E-state index contributed by atoms with van der Waals surface area (Å²) >= 11 is 0.